The van der Waals surface area contributed by atoms with Crippen LogP contribution < -0.4 is 5.73 Å². The second kappa shape index (κ2) is 7.54. The molecular formula is C21H18BrF3N6. The van der Waals surface area contributed by atoms with Crippen molar-refractivity contribution in [2.24, 2.45) is 5.73 Å². The molecule has 1 aliphatic heterocycles. The normalized spacial score (nSPS) is 18.8. The van der Waals surface area contributed by atoms with Gasteiger partial charge < -0.3 is 5.73 Å². The largest absolute Gasteiger partial charge is 0.408 e. The van der Waals surface area contributed by atoms with Crippen molar-refractivity contribution in [3.8, 4) is 11.5 Å². The first-order valence-corrected chi connectivity index (χ1v) is 10.6. The molecule has 0 saturated carbocycles. The van der Waals surface area contributed by atoms with Crippen molar-refractivity contribution < 1.29 is 13.2 Å². The zero-order chi connectivity index (χ0) is 21.8. The van der Waals surface area contributed by atoms with Crippen LogP contribution in [0.5, 0.6) is 0 Å². The summed E-state index contributed by atoms with van der Waals surface area (Å²) in [6, 6.07) is 10.5. The number of nitrogens with two attached hydrogens (primary N) is 1. The first-order chi connectivity index (χ1) is 14.8. The molecule has 5 rings (SSSR count). The van der Waals surface area contributed by atoms with Crippen LogP contribution in [0.2, 0.25) is 0 Å². The Morgan fingerprint density at radius 1 is 1.10 bits per heavy atom. The number of hydrogen-bond donors (Lipinski definition) is 1. The molecule has 2 atom stereocenters. The highest BCUT2D eigenvalue weighted by atomic mass is 79.9. The second-order valence-electron chi connectivity index (χ2n) is 7.74. The highest BCUT2D eigenvalue weighted by Gasteiger charge is 2.46. The summed E-state index contributed by atoms with van der Waals surface area (Å²) in [4.78, 5) is 6.03. The topological polar surface area (TPSA) is 72.3 Å². The van der Waals surface area contributed by atoms with Gasteiger partial charge in [0.25, 0.3) is 0 Å². The predicted molar refractivity (Wildman–Crippen MR) is 114 cm³/mol. The Balaban J connectivity index is 1.61. The molecule has 31 heavy (non-hydrogen) atoms. The van der Waals surface area contributed by atoms with E-state index in [4.69, 9.17) is 5.73 Å². The van der Waals surface area contributed by atoms with E-state index in [2.05, 4.69) is 31.1 Å². The van der Waals surface area contributed by atoms with Crippen LogP contribution in [0.25, 0.3) is 28.1 Å². The highest BCUT2D eigenvalue weighted by molar-refractivity contribution is 9.10. The number of likely N-dealkylation sites (tertiary alicyclic amines) is 1. The van der Waals surface area contributed by atoms with Gasteiger partial charge in [-0.2, -0.15) is 13.2 Å². The predicted octanol–water partition coefficient (Wildman–Crippen LogP) is 4.34. The first-order valence-electron chi connectivity index (χ1n) is 9.77. The number of pyridine rings is 2. The molecule has 4 aromatic rings. The fraction of sp³-hybridized carbons (Fsp3) is 0.286. The minimum Gasteiger partial charge on any atom is -0.326 e. The number of aromatic nitrogens is 4. The third kappa shape index (κ3) is 3.79. The van der Waals surface area contributed by atoms with Crippen LogP contribution in [0.15, 0.2) is 53.1 Å². The Morgan fingerprint density at radius 2 is 1.90 bits per heavy atom. The van der Waals surface area contributed by atoms with Gasteiger partial charge in [-0.15, -0.1) is 10.2 Å². The van der Waals surface area contributed by atoms with Crippen LogP contribution in [0, 0.1) is 0 Å². The quantitative estimate of drug-likeness (QED) is 0.462. The van der Waals surface area contributed by atoms with Crippen LogP contribution in [-0.2, 0) is 0 Å². The molecular weight excluding hydrogens is 473 g/mol. The summed E-state index contributed by atoms with van der Waals surface area (Å²) in [5.41, 5.74) is 7.72. The van der Waals surface area contributed by atoms with Gasteiger partial charge in [0.15, 0.2) is 11.5 Å². The van der Waals surface area contributed by atoms with Crippen molar-refractivity contribution in [1.82, 2.24) is 24.5 Å². The van der Waals surface area contributed by atoms with Gasteiger partial charge in [-0.05, 0) is 36.2 Å². The number of nitrogens with zero attached hydrogens (tertiary/aromatic N) is 5. The highest BCUT2D eigenvalue weighted by Crippen LogP contribution is 2.39. The molecule has 4 heterocycles. The zero-order valence-corrected chi connectivity index (χ0v) is 17.8. The molecule has 1 saturated heterocycles. The minimum atomic E-state index is -4.43. The van der Waals surface area contributed by atoms with Crippen molar-refractivity contribution in [3.05, 3.63) is 58.7 Å². The Morgan fingerprint density at radius 3 is 2.65 bits per heavy atom. The molecule has 6 nitrogen and oxygen atoms in total. The molecule has 1 aliphatic rings. The maximum atomic E-state index is 14.0. The summed E-state index contributed by atoms with van der Waals surface area (Å²) >= 11 is 3.43. The van der Waals surface area contributed by atoms with Crippen LogP contribution in [0.3, 0.4) is 0 Å². The summed E-state index contributed by atoms with van der Waals surface area (Å²) < 4.78 is 44.5. The monoisotopic (exact) mass is 490 g/mol. The molecule has 160 valence electrons. The van der Waals surface area contributed by atoms with Crippen molar-refractivity contribution in [1.29, 1.82) is 0 Å². The summed E-state index contributed by atoms with van der Waals surface area (Å²) in [6.45, 7) is 0.512. The second-order valence-corrected chi connectivity index (χ2v) is 8.65. The number of alkyl halides is 3. The lowest BCUT2D eigenvalue weighted by molar-refractivity contribution is -0.183. The van der Waals surface area contributed by atoms with Gasteiger partial charge in [-0.1, -0.05) is 34.1 Å². The molecule has 3 aromatic heterocycles. The lowest BCUT2D eigenvalue weighted by Crippen LogP contribution is -2.38. The third-order valence-electron chi connectivity index (χ3n) is 5.56. The fourth-order valence-electron chi connectivity index (χ4n) is 4.12. The van der Waals surface area contributed by atoms with Gasteiger partial charge in [-0.25, -0.2) is 4.98 Å². The molecule has 0 radical (unpaired) electrons. The first kappa shape index (κ1) is 20.3. The van der Waals surface area contributed by atoms with E-state index in [0.717, 1.165) is 15.4 Å². The van der Waals surface area contributed by atoms with E-state index in [1.54, 1.807) is 16.5 Å². The van der Waals surface area contributed by atoms with Crippen molar-refractivity contribution in [2.45, 2.75) is 24.7 Å². The minimum absolute atomic E-state index is 0.124. The Hall–Kier alpha value is -2.56. The number of hydrogen-bond acceptors (Lipinski definition) is 5. The van der Waals surface area contributed by atoms with Gasteiger partial charge in [0.1, 0.15) is 11.7 Å². The lowest BCUT2D eigenvalue weighted by atomic mass is 10.1. The van der Waals surface area contributed by atoms with E-state index in [9.17, 15) is 13.2 Å². The van der Waals surface area contributed by atoms with Gasteiger partial charge >= 0.3 is 6.18 Å². The number of fused-ring (bicyclic) bond motifs is 2. The number of halogens is 4. The summed E-state index contributed by atoms with van der Waals surface area (Å²) in [5.74, 6) is 0.387. The Bertz CT molecular complexity index is 1270. The van der Waals surface area contributed by atoms with Gasteiger partial charge in [0.2, 0.25) is 0 Å². The smallest absolute Gasteiger partial charge is 0.326 e. The molecule has 0 aliphatic carbocycles. The van der Waals surface area contributed by atoms with E-state index < -0.39 is 12.2 Å². The molecule has 1 aromatic carbocycles. The molecule has 1 fully saturated rings. The fourth-order valence-corrected chi connectivity index (χ4v) is 4.46. The van der Waals surface area contributed by atoms with Crippen LogP contribution in [0.4, 0.5) is 13.2 Å². The van der Waals surface area contributed by atoms with Gasteiger partial charge in [0, 0.05) is 35.2 Å². The standard InChI is InChI=1S/C21H18BrF3N6/c22-14-4-1-12-2-5-16(27-17(12)9-14)20-29-28-18-6-3-13(10-31(18)20)19(21(23,24)25)30-8-7-15(26)11-30/h1-6,9-10,15,19H,7-8,11,26H2/t15-,19?/m0/s1. The molecule has 10 heteroatoms. The van der Waals surface area contributed by atoms with Crippen LogP contribution in [0.1, 0.15) is 18.0 Å². The average molecular weight is 491 g/mol. The summed E-state index contributed by atoms with van der Waals surface area (Å²) in [6.07, 6.45) is -2.43. The van der Waals surface area contributed by atoms with E-state index in [1.807, 2.05) is 24.3 Å². The maximum Gasteiger partial charge on any atom is 0.408 e. The SMILES string of the molecule is N[C@H]1CCN(C(c2ccc3nnc(-c4ccc5ccc(Br)cc5n4)n3c2)C(F)(F)F)C1. The Labute approximate surface area is 184 Å². The maximum absolute atomic E-state index is 14.0. The van der Waals surface area contributed by atoms with Crippen LogP contribution in [-0.4, -0.2) is 49.8 Å². The van der Waals surface area contributed by atoms with E-state index in [1.165, 1.54) is 17.2 Å². The molecule has 0 amide bonds. The third-order valence-corrected chi connectivity index (χ3v) is 6.05. The van der Waals surface area contributed by atoms with E-state index >= 15 is 0 Å². The number of benzene rings is 1. The average Bonchev–Trinajstić information content (AvgIpc) is 3.32. The lowest BCUT2D eigenvalue weighted by Gasteiger charge is -2.30. The van der Waals surface area contributed by atoms with Crippen molar-refractivity contribution in [2.75, 3.05) is 13.1 Å². The molecule has 0 spiro atoms. The molecule has 0 bridgehead atoms. The van der Waals surface area contributed by atoms with Gasteiger partial charge in [0.05, 0.1) is 5.52 Å². The molecule has 2 N–H and O–H groups in total. The zero-order valence-electron chi connectivity index (χ0n) is 16.2. The van der Waals surface area contributed by atoms with Crippen molar-refractivity contribution in [3.63, 3.8) is 0 Å². The van der Waals surface area contributed by atoms with Gasteiger partial charge in [-0.3, -0.25) is 9.30 Å². The summed E-state index contributed by atoms with van der Waals surface area (Å²) in [7, 11) is 0. The van der Waals surface area contributed by atoms with E-state index in [-0.39, 0.29) is 18.2 Å². The number of rotatable bonds is 3. The Kier molecular flexibility index (Phi) is 4.95. The van der Waals surface area contributed by atoms with E-state index in [0.29, 0.717) is 30.1 Å². The summed E-state index contributed by atoms with van der Waals surface area (Å²) in [5, 5.41) is 9.25. The molecule has 1 unspecified atom stereocenters. The van der Waals surface area contributed by atoms with Crippen LogP contribution >= 0.6 is 15.9 Å². The van der Waals surface area contributed by atoms with Crippen molar-refractivity contribution >= 4 is 32.5 Å².